The SMILES string of the molecule is CC(C)NC(=O)CCCCCOCC(=O)NC(C)C.CC(C)NC(=O)CCCCCOCNC(=O)OC(C)C.CC(C)NC(=O)COCCCCC(=O)CCN1C(=O)CC(SC(C)C)C1=O.CC(C)OC(=O)CCOCCCCC(=O)CCN1C(=O)CC(SC(C)C)C1=O. The molecule has 27 heteroatoms. The minimum atomic E-state index is -0.467. The molecule has 0 bridgehead atoms. The Balaban J connectivity index is 0. The number of hydrogen-bond acceptors (Lipinski definition) is 20. The number of thioether (sulfide) groups is 2. The van der Waals surface area contributed by atoms with E-state index < -0.39 is 6.09 Å². The number of ether oxygens (including phenoxy) is 6. The quantitative estimate of drug-likeness (QED) is 0.0165. The van der Waals surface area contributed by atoms with Gasteiger partial charge in [-0.25, -0.2) is 4.79 Å². The maximum absolute atomic E-state index is 12.3. The number of imide groups is 2. The molecule has 0 aromatic carbocycles. The summed E-state index contributed by atoms with van der Waals surface area (Å²) in [6, 6.07) is 0.640. The van der Waals surface area contributed by atoms with Crippen LogP contribution < -0.4 is 26.6 Å². The van der Waals surface area contributed by atoms with Gasteiger partial charge in [0.1, 0.15) is 31.5 Å². The van der Waals surface area contributed by atoms with Gasteiger partial charge in [-0.2, -0.15) is 0 Å². The lowest BCUT2D eigenvalue weighted by Gasteiger charge is -2.15. The van der Waals surface area contributed by atoms with Crippen molar-refractivity contribution in [3.8, 4) is 0 Å². The first kappa shape index (κ1) is 90.8. The first-order chi connectivity index (χ1) is 44.2. The van der Waals surface area contributed by atoms with E-state index in [1.807, 2.05) is 83.1 Å². The molecule has 2 rings (SSSR count). The van der Waals surface area contributed by atoms with Crippen molar-refractivity contribution in [2.75, 3.05) is 66.1 Å². The van der Waals surface area contributed by atoms with E-state index in [0.29, 0.717) is 78.0 Å². The van der Waals surface area contributed by atoms with Gasteiger partial charge in [0.25, 0.3) is 0 Å². The summed E-state index contributed by atoms with van der Waals surface area (Å²) in [6.07, 6.45) is 10.4. The molecule has 2 unspecified atom stereocenters. The molecule has 0 aromatic heterocycles. The number of nitrogens with one attached hydrogen (secondary N) is 5. The summed E-state index contributed by atoms with van der Waals surface area (Å²) in [7, 11) is 0. The third-order valence-electron chi connectivity index (χ3n) is 12.6. The van der Waals surface area contributed by atoms with E-state index in [-0.39, 0.29) is 187 Å². The third kappa shape index (κ3) is 54.0. The minimum absolute atomic E-state index is 0.0286. The Hall–Kier alpha value is -5.22. The Labute approximate surface area is 570 Å². The summed E-state index contributed by atoms with van der Waals surface area (Å²) in [5.74, 6) is -0.910. The second-order valence-corrected chi connectivity index (χ2v) is 28.8. The molecule has 94 heavy (non-hydrogen) atoms. The molecule has 2 fully saturated rings. The summed E-state index contributed by atoms with van der Waals surface area (Å²) in [5, 5.41) is 13.7. The van der Waals surface area contributed by atoms with Crippen molar-refractivity contribution >= 4 is 94.4 Å². The lowest BCUT2D eigenvalue weighted by molar-refractivity contribution is -0.149. The number of carbonyl (C=O) groups is 12. The van der Waals surface area contributed by atoms with Crippen molar-refractivity contribution in [2.24, 2.45) is 0 Å². The van der Waals surface area contributed by atoms with Gasteiger partial charge in [0.2, 0.25) is 47.3 Å². The molecule has 2 aliphatic rings. The van der Waals surface area contributed by atoms with E-state index in [1.165, 1.54) is 33.3 Å². The lowest BCUT2D eigenvalue weighted by Crippen LogP contribution is -2.33. The highest BCUT2D eigenvalue weighted by molar-refractivity contribution is 8.01. The van der Waals surface area contributed by atoms with Gasteiger partial charge >= 0.3 is 12.1 Å². The summed E-state index contributed by atoms with van der Waals surface area (Å²) in [5.41, 5.74) is 0. The molecule has 0 radical (unpaired) electrons. The van der Waals surface area contributed by atoms with E-state index in [1.54, 1.807) is 27.7 Å². The highest BCUT2D eigenvalue weighted by atomic mass is 32.2. The normalized spacial score (nSPS) is 14.5. The van der Waals surface area contributed by atoms with Crippen molar-refractivity contribution in [3.63, 3.8) is 0 Å². The second kappa shape index (κ2) is 55.9. The highest BCUT2D eigenvalue weighted by Crippen LogP contribution is 2.29. The Bertz CT molecular complexity index is 2160. The number of amides is 9. The largest absolute Gasteiger partial charge is 0.463 e. The second-order valence-electron chi connectivity index (χ2n) is 25.2. The number of Topliss-reactive ketones (excluding diaryl/α,β-unsaturated/α-hetero) is 2. The Morgan fingerprint density at radius 1 is 0.404 bits per heavy atom. The minimum Gasteiger partial charge on any atom is -0.463 e. The number of likely N-dealkylation sites (tertiary alicyclic amines) is 2. The van der Waals surface area contributed by atoms with Crippen LogP contribution in [0.25, 0.3) is 0 Å². The molecule has 2 saturated heterocycles. The van der Waals surface area contributed by atoms with Crippen LogP contribution in [0.2, 0.25) is 0 Å². The molecule has 2 heterocycles. The fourth-order valence-electron chi connectivity index (χ4n) is 8.62. The molecule has 25 nitrogen and oxygen atoms in total. The molecule has 0 saturated carbocycles. The van der Waals surface area contributed by atoms with Gasteiger partial charge in [-0.1, -0.05) is 40.5 Å². The smallest absolute Gasteiger partial charge is 0.409 e. The fourth-order valence-corrected chi connectivity index (χ4v) is 10.9. The predicted octanol–water partition coefficient (Wildman–Crippen LogP) is 8.46. The Morgan fingerprint density at radius 3 is 1.13 bits per heavy atom. The zero-order valence-electron chi connectivity index (χ0n) is 59.8. The predicted molar refractivity (Wildman–Crippen MR) is 367 cm³/mol. The van der Waals surface area contributed by atoms with Crippen LogP contribution in [0.15, 0.2) is 0 Å². The monoisotopic (exact) mass is 1380 g/mol. The standard InChI is InChI=1S/C20H33NO6S.C19H32N2O5S.C14H28N2O4.C14H28N2O3/c1-14(2)27-19(24)9-12-26-11-6-5-7-16(22)8-10-21-18(23)13-17(20(21)25)28-15(3)4;1-13(2)20-17(23)12-26-10-6-5-7-15(22)8-9-21-18(24)11-16(19(21)25)27-14(3)4;1-11(2)16-13(17)8-6-5-7-9-19-10-15-14(18)20-12(3)4;1-11(2)15-13(17)8-6-5-7-9-19-10-14(18)16-12(3)4/h14-15,17H,5-13H2,1-4H3;13-14,16H,5-12H2,1-4H3,(H,20,23);11-12H,5-10H2,1-4H3,(H,15,18)(H,16,17);11-12H,5-10H2,1-4H3,(H,15,17)(H,16,18). The summed E-state index contributed by atoms with van der Waals surface area (Å²) < 4.78 is 31.0. The topological polar surface area (TPSA) is 327 Å². The highest BCUT2D eigenvalue weighted by Gasteiger charge is 2.40. The molecule has 0 spiro atoms. The number of unbranched alkanes of at least 4 members (excludes halogenated alkanes) is 6. The number of rotatable bonds is 47. The van der Waals surface area contributed by atoms with Crippen LogP contribution in [0.5, 0.6) is 0 Å². The maximum atomic E-state index is 12.3. The van der Waals surface area contributed by atoms with Gasteiger partial charge in [0.15, 0.2) is 0 Å². The molecule has 5 N–H and O–H groups in total. The zero-order chi connectivity index (χ0) is 71.6. The fraction of sp³-hybridized carbons (Fsp3) is 0.821. The first-order valence-corrected chi connectivity index (χ1v) is 35.8. The number of carbonyl (C=O) groups excluding carboxylic acids is 12. The van der Waals surface area contributed by atoms with Gasteiger partial charge in [-0.15, -0.1) is 23.5 Å². The van der Waals surface area contributed by atoms with E-state index in [2.05, 4.69) is 26.6 Å². The first-order valence-electron chi connectivity index (χ1n) is 33.9. The molecular formula is C67H121N7O18S2. The van der Waals surface area contributed by atoms with E-state index in [9.17, 15) is 57.5 Å². The van der Waals surface area contributed by atoms with Crippen LogP contribution in [0.4, 0.5) is 4.79 Å². The number of esters is 1. The summed E-state index contributed by atoms with van der Waals surface area (Å²) in [6.45, 7) is 33.6. The zero-order valence-corrected chi connectivity index (χ0v) is 61.5. The molecule has 0 aromatic rings. The van der Waals surface area contributed by atoms with Gasteiger partial charge in [-0.3, -0.25) is 67.9 Å². The maximum Gasteiger partial charge on any atom is 0.409 e. The van der Waals surface area contributed by atoms with Crippen LogP contribution in [0.1, 0.15) is 233 Å². The van der Waals surface area contributed by atoms with Crippen LogP contribution >= 0.6 is 23.5 Å². The average Bonchev–Trinajstić information content (AvgIpc) is 1.72. The van der Waals surface area contributed by atoms with Gasteiger partial charge in [-0.05, 0) is 145 Å². The average molecular weight is 1380 g/mol. The van der Waals surface area contributed by atoms with Gasteiger partial charge in [0.05, 0.1) is 35.7 Å². The molecule has 2 aliphatic heterocycles. The summed E-state index contributed by atoms with van der Waals surface area (Å²) in [4.78, 5) is 143. The third-order valence-corrected chi connectivity index (χ3v) is 15.1. The van der Waals surface area contributed by atoms with Crippen LogP contribution in [0.3, 0.4) is 0 Å². The summed E-state index contributed by atoms with van der Waals surface area (Å²) >= 11 is 3.00. The van der Waals surface area contributed by atoms with Crippen molar-refractivity contribution in [2.45, 2.75) is 290 Å². The molecule has 0 aliphatic carbocycles. The van der Waals surface area contributed by atoms with Crippen LogP contribution in [-0.2, 0) is 81.2 Å². The van der Waals surface area contributed by atoms with Crippen molar-refractivity contribution in [1.82, 2.24) is 36.4 Å². The number of hydrogen-bond donors (Lipinski definition) is 5. The van der Waals surface area contributed by atoms with E-state index in [4.69, 9.17) is 28.4 Å². The van der Waals surface area contributed by atoms with E-state index in [0.717, 1.165) is 44.9 Å². The number of alkyl carbamates (subject to hydrolysis) is 1. The van der Waals surface area contributed by atoms with Gasteiger partial charge in [0, 0.05) is 115 Å². The number of nitrogens with zero attached hydrogens (tertiary/aromatic N) is 2. The number of ketones is 2. The molecular weight excluding hydrogens is 1250 g/mol. The van der Waals surface area contributed by atoms with Crippen molar-refractivity contribution in [3.05, 3.63) is 0 Å². The van der Waals surface area contributed by atoms with Crippen molar-refractivity contribution in [1.29, 1.82) is 0 Å². The Morgan fingerprint density at radius 2 is 0.755 bits per heavy atom. The van der Waals surface area contributed by atoms with E-state index >= 15 is 0 Å². The molecule has 544 valence electrons. The molecule has 9 amide bonds. The van der Waals surface area contributed by atoms with Crippen LogP contribution in [0, 0.1) is 0 Å². The Kier molecular flexibility index (Phi) is 54.0. The molecule has 2 atom stereocenters. The van der Waals surface area contributed by atoms with Crippen molar-refractivity contribution < 1.29 is 86.0 Å². The lowest BCUT2D eigenvalue weighted by atomic mass is 10.1. The van der Waals surface area contributed by atoms with Gasteiger partial charge < -0.3 is 49.7 Å². The van der Waals surface area contributed by atoms with Crippen LogP contribution in [-0.4, -0.2) is 204 Å².